The molecule has 2 aliphatic rings. The van der Waals surface area contributed by atoms with Crippen molar-refractivity contribution in [2.24, 2.45) is 0 Å². The number of carbonyl (C=O) groups is 2. The Bertz CT molecular complexity index is 1020. The van der Waals surface area contributed by atoms with E-state index in [-0.39, 0.29) is 11.3 Å². The normalized spacial score (nSPS) is 17.5. The fourth-order valence-corrected chi connectivity index (χ4v) is 4.70. The monoisotopic (exact) mass is 371 g/mol. The molecule has 8 heteroatoms. The number of rotatable bonds is 2. The first-order valence-corrected chi connectivity index (χ1v) is 9.68. The summed E-state index contributed by atoms with van der Waals surface area (Å²) >= 11 is 0. The number of anilines is 2. The largest absolute Gasteiger partial charge is 0.324 e. The lowest BCUT2D eigenvalue weighted by atomic mass is 10.0. The summed E-state index contributed by atoms with van der Waals surface area (Å²) in [7, 11) is -3.71. The van der Waals surface area contributed by atoms with Crippen LogP contribution in [-0.4, -0.2) is 31.1 Å². The van der Waals surface area contributed by atoms with E-state index in [1.54, 1.807) is 0 Å². The highest BCUT2D eigenvalue weighted by molar-refractivity contribution is 7.89. The standard InChI is InChI=1S/C18H17N3O4S/c22-17-10-18(23)20-16-9-14(5-6-15(16)19-17)26(24,25)21-8-7-12-3-1-2-4-13(12)11-21/h1-6,9H,7-8,10-11H2,(H,19,22)(H,20,23). The minimum absolute atomic E-state index is 0.0899. The fraction of sp³-hybridized carbons (Fsp3) is 0.222. The van der Waals surface area contributed by atoms with Crippen molar-refractivity contribution < 1.29 is 18.0 Å². The third-order valence-electron chi connectivity index (χ3n) is 4.59. The average molecular weight is 371 g/mol. The molecule has 2 aliphatic heterocycles. The van der Waals surface area contributed by atoms with Crippen molar-refractivity contribution in [3.63, 3.8) is 0 Å². The van der Waals surface area contributed by atoms with Crippen LogP contribution in [0, 0.1) is 0 Å². The summed E-state index contributed by atoms with van der Waals surface area (Å²) in [5, 5.41) is 5.17. The fourth-order valence-electron chi connectivity index (χ4n) is 3.25. The van der Waals surface area contributed by atoms with Crippen LogP contribution in [0.15, 0.2) is 47.4 Å². The zero-order valence-corrected chi connectivity index (χ0v) is 14.7. The minimum Gasteiger partial charge on any atom is -0.324 e. The van der Waals surface area contributed by atoms with Gasteiger partial charge in [-0.3, -0.25) is 9.59 Å². The van der Waals surface area contributed by atoms with Crippen molar-refractivity contribution >= 4 is 33.2 Å². The molecule has 0 unspecified atom stereocenters. The van der Waals surface area contributed by atoms with Gasteiger partial charge in [-0.05, 0) is 35.7 Å². The van der Waals surface area contributed by atoms with E-state index in [4.69, 9.17) is 0 Å². The molecule has 0 radical (unpaired) electrons. The number of amides is 2. The highest BCUT2D eigenvalue weighted by atomic mass is 32.2. The molecule has 0 fully saturated rings. The van der Waals surface area contributed by atoms with Gasteiger partial charge in [0.25, 0.3) is 0 Å². The van der Waals surface area contributed by atoms with E-state index in [9.17, 15) is 18.0 Å². The van der Waals surface area contributed by atoms with Crippen LogP contribution in [0.4, 0.5) is 11.4 Å². The summed E-state index contributed by atoms with van der Waals surface area (Å²) in [6.45, 7) is 0.720. The SMILES string of the molecule is O=C1CC(=O)Nc2cc(S(=O)(=O)N3CCc4ccccc4C3)ccc2N1. The molecule has 0 saturated carbocycles. The molecule has 134 valence electrons. The zero-order chi connectivity index (χ0) is 18.3. The molecule has 2 amide bonds. The van der Waals surface area contributed by atoms with E-state index < -0.39 is 21.8 Å². The summed E-state index contributed by atoms with van der Waals surface area (Å²) in [4.78, 5) is 23.4. The third kappa shape index (κ3) is 2.97. The lowest BCUT2D eigenvalue weighted by Gasteiger charge is -2.28. The first kappa shape index (κ1) is 16.7. The Morgan fingerprint density at radius 3 is 2.35 bits per heavy atom. The van der Waals surface area contributed by atoms with Crippen molar-refractivity contribution in [1.29, 1.82) is 0 Å². The smallest absolute Gasteiger partial charge is 0.243 e. The average Bonchev–Trinajstić information content (AvgIpc) is 2.76. The first-order chi connectivity index (χ1) is 12.4. The Labute approximate surface area is 151 Å². The van der Waals surface area contributed by atoms with Crippen molar-refractivity contribution in [3.05, 3.63) is 53.6 Å². The van der Waals surface area contributed by atoms with Crippen LogP contribution in [0.25, 0.3) is 0 Å². The molecule has 4 rings (SSSR count). The zero-order valence-electron chi connectivity index (χ0n) is 13.9. The van der Waals surface area contributed by atoms with E-state index in [0.29, 0.717) is 30.9 Å². The molecule has 0 bridgehead atoms. The van der Waals surface area contributed by atoms with Gasteiger partial charge in [0.05, 0.1) is 16.3 Å². The van der Waals surface area contributed by atoms with E-state index in [0.717, 1.165) is 11.1 Å². The molecule has 2 heterocycles. The highest BCUT2D eigenvalue weighted by Gasteiger charge is 2.29. The van der Waals surface area contributed by atoms with Crippen molar-refractivity contribution in [3.8, 4) is 0 Å². The molecule has 0 spiro atoms. The van der Waals surface area contributed by atoms with Gasteiger partial charge in [0.2, 0.25) is 21.8 Å². The molecular formula is C18H17N3O4S. The van der Waals surface area contributed by atoms with Gasteiger partial charge >= 0.3 is 0 Å². The van der Waals surface area contributed by atoms with Crippen LogP contribution in [-0.2, 0) is 32.6 Å². The van der Waals surface area contributed by atoms with Crippen LogP contribution >= 0.6 is 0 Å². The second kappa shape index (κ2) is 6.22. The van der Waals surface area contributed by atoms with Crippen molar-refractivity contribution in [2.45, 2.75) is 24.3 Å². The Morgan fingerprint density at radius 2 is 1.58 bits per heavy atom. The number of carbonyl (C=O) groups excluding carboxylic acids is 2. The molecular weight excluding hydrogens is 354 g/mol. The van der Waals surface area contributed by atoms with Gasteiger partial charge in [0.15, 0.2) is 0 Å². The number of hydrogen-bond acceptors (Lipinski definition) is 4. The summed E-state index contributed by atoms with van der Waals surface area (Å²) in [6.07, 6.45) is 0.368. The number of sulfonamides is 1. The Hall–Kier alpha value is -2.71. The maximum Gasteiger partial charge on any atom is 0.243 e. The van der Waals surface area contributed by atoms with Gasteiger partial charge in [-0.1, -0.05) is 24.3 Å². The number of hydrogen-bond donors (Lipinski definition) is 2. The molecule has 7 nitrogen and oxygen atoms in total. The summed E-state index contributed by atoms with van der Waals surface area (Å²) in [5.41, 5.74) is 2.84. The second-order valence-electron chi connectivity index (χ2n) is 6.34. The van der Waals surface area contributed by atoms with Gasteiger partial charge in [-0.15, -0.1) is 0 Å². The molecule has 0 atom stereocenters. The van der Waals surface area contributed by atoms with E-state index in [1.807, 2.05) is 24.3 Å². The number of fused-ring (bicyclic) bond motifs is 2. The molecule has 0 saturated heterocycles. The summed E-state index contributed by atoms with van der Waals surface area (Å²) in [6, 6.07) is 12.1. The summed E-state index contributed by atoms with van der Waals surface area (Å²) in [5.74, 6) is -0.896. The highest BCUT2D eigenvalue weighted by Crippen LogP contribution is 2.31. The van der Waals surface area contributed by atoms with E-state index in [1.165, 1.54) is 22.5 Å². The predicted octanol–water partition coefficient (Wildman–Crippen LogP) is 1.71. The molecule has 0 aromatic heterocycles. The topological polar surface area (TPSA) is 95.6 Å². The van der Waals surface area contributed by atoms with Gasteiger partial charge in [0, 0.05) is 13.1 Å². The second-order valence-corrected chi connectivity index (χ2v) is 8.28. The van der Waals surface area contributed by atoms with Gasteiger partial charge in [-0.25, -0.2) is 8.42 Å². The van der Waals surface area contributed by atoms with Gasteiger partial charge in [-0.2, -0.15) is 4.31 Å². The number of nitrogens with zero attached hydrogens (tertiary/aromatic N) is 1. The molecule has 2 aromatic rings. The van der Waals surface area contributed by atoms with Crippen LogP contribution < -0.4 is 10.6 Å². The van der Waals surface area contributed by atoms with E-state index >= 15 is 0 Å². The number of benzene rings is 2. The maximum absolute atomic E-state index is 13.0. The predicted molar refractivity (Wildman–Crippen MR) is 96.1 cm³/mol. The molecule has 26 heavy (non-hydrogen) atoms. The lowest BCUT2D eigenvalue weighted by molar-refractivity contribution is -0.123. The minimum atomic E-state index is -3.71. The number of nitrogens with one attached hydrogen (secondary N) is 2. The summed E-state index contributed by atoms with van der Waals surface area (Å²) < 4.78 is 27.5. The van der Waals surface area contributed by atoms with Crippen molar-refractivity contribution in [1.82, 2.24) is 4.31 Å². The lowest BCUT2D eigenvalue weighted by Crippen LogP contribution is -2.36. The third-order valence-corrected chi connectivity index (χ3v) is 6.43. The Kier molecular flexibility index (Phi) is 4.01. The van der Waals surface area contributed by atoms with Crippen LogP contribution in [0.5, 0.6) is 0 Å². The first-order valence-electron chi connectivity index (χ1n) is 8.24. The van der Waals surface area contributed by atoms with Crippen LogP contribution in [0.1, 0.15) is 17.5 Å². The molecule has 2 aromatic carbocycles. The molecule has 0 aliphatic carbocycles. The Morgan fingerprint density at radius 1 is 0.885 bits per heavy atom. The molecule has 2 N–H and O–H groups in total. The van der Waals surface area contributed by atoms with Crippen molar-refractivity contribution in [2.75, 3.05) is 17.2 Å². The van der Waals surface area contributed by atoms with Gasteiger partial charge < -0.3 is 10.6 Å². The maximum atomic E-state index is 13.0. The van der Waals surface area contributed by atoms with Gasteiger partial charge in [0.1, 0.15) is 6.42 Å². The Balaban J connectivity index is 1.67. The van der Waals surface area contributed by atoms with Crippen LogP contribution in [0.2, 0.25) is 0 Å². The quantitative estimate of drug-likeness (QED) is 0.786. The van der Waals surface area contributed by atoms with Crippen LogP contribution in [0.3, 0.4) is 0 Å². The van der Waals surface area contributed by atoms with E-state index in [2.05, 4.69) is 10.6 Å².